The first-order valence-electron chi connectivity index (χ1n) is 11.4. The van der Waals surface area contributed by atoms with E-state index in [-0.39, 0.29) is 48.3 Å². The lowest BCUT2D eigenvalue weighted by molar-refractivity contribution is -0.141. The van der Waals surface area contributed by atoms with E-state index in [1.807, 2.05) is 18.2 Å². The minimum Gasteiger partial charge on any atom is -0.369 e. The molecule has 3 heterocycles. The Labute approximate surface area is 194 Å². The van der Waals surface area contributed by atoms with Gasteiger partial charge in [0.25, 0.3) is 0 Å². The molecule has 2 saturated carbocycles. The Morgan fingerprint density at radius 2 is 1.52 bits per heavy atom. The number of amides is 2. The van der Waals surface area contributed by atoms with Crippen molar-refractivity contribution >= 4 is 41.5 Å². The summed E-state index contributed by atoms with van der Waals surface area (Å²) in [5.74, 6) is 0.620. The fraction of sp³-hybridized carbons (Fsp3) is 0.652. The molecule has 168 valence electrons. The molecule has 3 aliphatic heterocycles. The van der Waals surface area contributed by atoms with Crippen molar-refractivity contribution in [1.82, 2.24) is 9.80 Å². The Morgan fingerprint density at radius 1 is 0.903 bits per heavy atom. The number of hydrogen-bond donors (Lipinski definition) is 0. The molecular weight excluding hydrogens is 437 g/mol. The molecule has 2 aliphatic carbocycles. The maximum atomic E-state index is 12.9. The summed E-state index contributed by atoms with van der Waals surface area (Å²) < 4.78 is 5.68. The van der Waals surface area contributed by atoms with Gasteiger partial charge < -0.3 is 9.64 Å². The molecule has 6 nitrogen and oxygen atoms in total. The van der Waals surface area contributed by atoms with Crippen LogP contribution < -0.4 is 4.90 Å². The number of nitrogens with zero attached hydrogens (tertiary/aromatic N) is 3. The molecule has 0 radical (unpaired) electrons. The first-order chi connectivity index (χ1) is 14.6. The normalized spacial score (nSPS) is 35.9. The summed E-state index contributed by atoms with van der Waals surface area (Å²) >= 11 is 6.33. The summed E-state index contributed by atoms with van der Waals surface area (Å²) in [7, 11) is 0. The second-order valence-corrected chi connectivity index (χ2v) is 9.90. The molecule has 3 saturated heterocycles. The molecule has 2 bridgehead atoms. The van der Waals surface area contributed by atoms with Crippen molar-refractivity contribution in [1.29, 1.82) is 0 Å². The minimum absolute atomic E-state index is 0. The summed E-state index contributed by atoms with van der Waals surface area (Å²) in [6.45, 7) is 5.58. The van der Waals surface area contributed by atoms with Gasteiger partial charge in [-0.25, -0.2) is 0 Å². The average molecular weight is 466 g/mol. The Morgan fingerprint density at radius 3 is 2.16 bits per heavy atom. The van der Waals surface area contributed by atoms with Gasteiger partial charge in [-0.2, -0.15) is 0 Å². The summed E-state index contributed by atoms with van der Waals surface area (Å²) in [5, 5.41) is 0.813. The van der Waals surface area contributed by atoms with Crippen LogP contribution in [0.2, 0.25) is 5.02 Å². The van der Waals surface area contributed by atoms with E-state index in [9.17, 15) is 9.59 Å². The second-order valence-electron chi connectivity index (χ2n) is 9.50. The van der Waals surface area contributed by atoms with Gasteiger partial charge in [0.05, 0.1) is 34.8 Å². The predicted molar refractivity (Wildman–Crippen MR) is 121 cm³/mol. The van der Waals surface area contributed by atoms with E-state index in [0.717, 1.165) is 62.7 Å². The van der Waals surface area contributed by atoms with E-state index in [2.05, 4.69) is 15.9 Å². The van der Waals surface area contributed by atoms with Crippen LogP contribution >= 0.6 is 24.0 Å². The van der Waals surface area contributed by atoms with Gasteiger partial charge in [0.15, 0.2) is 0 Å². The van der Waals surface area contributed by atoms with E-state index >= 15 is 0 Å². The molecule has 0 spiro atoms. The van der Waals surface area contributed by atoms with E-state index in [1.165, 1.54) is 0 Å². The summed E-state index contributed by atoms with van der Waals surface area (Å²) in [5.41, 5.74) is 1.12. The van der Waals surface area contributed by atoms with Gasteiger partial charge in [-0.3, -0.25) is 19.4 Å². The van der Waals surface area contributed by atoms with Crippen molar-refractivity contribution in [2.75, 3.05) is 44.2 Å². The summed E-state index contributed by atoms with van der Waals surface area (Å²) in [6, 6.07) is 8.02. The molecule has 0 N–H and O–H groups in total. The lowest BCUT2D eigenvalue weighted by atomic mass is 9.81. The number of benzene rings is 1. The SMILES string of the molecule is Cl.O=C1[C@@H]2[C@H]3C[C@H]([C@@H]4O[C@H]34)[C@@H]2C(=O)N1CCCCN1CCN(c2ccccc2Cl)CC1. The minimum atomic E-state index is -0.0795. The molecule has 1 aromatic carbocycles. The van der Waals surface area contributed by atoms with E-state index in [1.54, 1.807) is 4.90 Å². The van der Waals surface area contributed by atoms with Gasteiger partial charge in [0, 0.05) is 44.6 Å². The highest BCUT2D eigenvalue weighted by Crippen LogP contribution is 2.63. The van der Waals surface area contributed by atoms with E-state index in [0.29, 0.717) is 18.4 Å². The van der Waals surface area contributed by atoms with Gasteiger partial charge >= 0.3 is 0 Å². The number of epoxide rings is 1. The van der Waals surface area contributed by atoms with Crippen LogP contribution in [0.25, 0.3) is 0 Å². The van der Waals surface area contributed by atoms with E-state index in [4.69, 9.17) is 16.3 Å². The predicted octanol–water partition coefficient (Wildman–Crippen LogP) is 2.68. The Hall–Kier alpha value is -1.34. The third-order valence-electron chi connectivity index (χ3n) is 8.03. The van der Waals surface area contributed by atoms with Crippen molar-refractivity contribution in [3.05, 3.63) is 29.3 Å². The standard InChI is InChI=1S/C23H28ClN3O3.ClH/c24-16-5-1-2-6-17(16)26-11-9-25(10-12-26)7-3-4-8-27-22(28)18-14-13-15(19(18)23(27)29)21-20(14)30-21;/h1-2,5-6,14-15,18-21H,3-4,7-13H2;1H/t14-,15+,18-,19+,20-,21+;. The molecule has 2 amide bonds. The number of carbonyl (C=O) groups excluding carboxylic acids is 2. The molecule has 6 rings (SSSR count). The van der Waals surface area contributed by atoms with Crippen LogP contribution in [0.3, 0.4) is 0 Å². The number of anilines is 1. The first kappa shape index (κ1) is 21.5. The zero-order chi connectivity index (χ0) is 20.4. The van der Waals surface area contributed by atoms with Crippen LogP contribution in [0.1, 0.15) is 19.3 Å². The van der Waals surface area contributed by atoms with Crippen molar-refractivity contribution < 1.29 is 14.3 Å². The van der Waals surface area contributed by atoms with Crippen LogP contribution in [-0.2, 0) is 14.3 Å². The highest BCUT2D eigenvalue weighted by molar-refractivity contribution is 6.33. The van der Waals surface area contributed by atoms with Crippen molar-refractivity contribution in [3.8, 4) is 0 Å². The highest BCUT2D eigenvalue weighted by Gasteiger charge is 2.73. The van der Waals surface area contributed by atoms with Crippen LogP contribution in [0, 0.1) is 23.7 Å². The summed E-state index contributed by atoms with van der Waals surface area (Å²) in [4.78, 5) is 32.1. The molecule has 8 heteroatoms. The number of para-hydroxylation sites is 1. The summed E-state index contributed by atoms with van der Waals surface area (Å²) in [6.07, 6.45) is 3.48. The van der Waals surface area contributed by atoms with Crippen molar-refractivity contribution in [3.63, 3.8) is 0 Å². The molecule has 0 unspecified atom stereocenters. The Bertz CT molecular complexity index is 843. The topological polar surface area (TPSA) is 56.4 Å². The number of piperazine rings is 1. The lowest BCUT2D eigenvalue weighted by Gasteiger charge is -2.36. The maximum Gasteiger partial charge on any atom is 0.233 e. The lowest BCUT2D eigenvalue weighted by Crippen LogP contribution is -2.46. The molecule has 31 heavy (non-hydrogen) atoms. The Balaban J connectivity index is 0.00000204. The number of ether oxygens (including phenoxy) is 1. The number of rotatable bonds is 6. The van der Waals surface area contributed by atoms with E-state index < -0.39 is 0 Å². The van der Waals surface area contributed by atoms with Crippen LogP contribution in [-0.4, -0.2) is 73.1 Å². The largest absolute Gasteiger partial charge is 0.369 e. The number of likely N-dealkylation sites (tertiary alicyclic amines) is 1. The number of carbonyl (C=O) groups is 2. The zero-order valence-corrected chi connectivity index (χ0v) is 19.1. The van der Waals surface area contributed by atoms with Crippen LogP contribution in [0.4, 0.5) is 5.69 Å². The Kier molecular flexibility index (Phi) is 5.70. The monoisotopic (exact) mass is 465 g/mol. The van der Waals surface area contributed by atoms with Gasteiger partial charge in [-0.15, -0.1) is 12.4 Å². The van der Waals surface area contributed by atoms with Gasteiger partial charge in [0.1, 0.15) is 0 Å². The number of halogens is 2. The third-order valence-corrected chi connectivity index (χ3v) is 8.35. The van der Waals surface area contributed by atoms with Crippen molar-refractivity contribution in [2.45, 2.75) is 31.5 Å². The second kappa shape index (κ2) is 8.22. The molecule has 5 fully saturated rings. The quantitative estimate of drug-likeness (QED) is 0.367. The maximum absolute atomic E-state index is 12.9. The molecule has 6 atom stereocenters. The molecule has 1 aromatic rings. The van der Waals surface area contributed by atoms with Gasteiger partial charge in [0.2, 0.25) is 11.8 Å². The van der Waals surface area contributed by atoms with Crippen LogP contribution in [0.15, 0.2) is 24.3 Å². The fourth-order valence-corrected chi connectivity index (χ4v) is 6.79. The number of unbranched alkanes of at least 4 members (excludes halogenated alkanes) is 1. The zero-order valence-electron chi connectivity index (χ0n) is 17.5. The molecular formula is C23H29Cl2N3O3. The smallest absolute Gasteiger partial charge is 0.233 e. The van der Waals surface area contributed by atoms with Gasteiger partial charge in [-0.1, -0.05) is 23.7 Å². The van der Waals surface area contributed by atoms with Crippen molar-refractivity contribution in [2.24, 2.45) is 23.7 Å². The number of hydrogen-bond acceptors (Lipinski definition) is 5. The highest BCUT2D eigenvalue weighted by atomic mass is 35.5. The van der Waals surface area contributed by atoms with Crippen LogP contribution in [0.5, 0.6) is 0 Å². The van der Waals surface area contributed by atoms with Gasteiger partial charge in [-0.05, 0) is 37.9 Å². The number of imide groups is 1. The molecule has 0 aromatic heterocycles. The number of fused-ring (bicyclic) bond motifs is 8. The average Bonchev–Trinajstić information content (AvgIpc) is 3.28. The fourth-order valence-electron chi connectivity index (χ4n) is 6.53. The third kappa shape index (κ3) is 3.47. The first-order valence-corrected chi connectivity index (χ1v) is 11.7. The molecule has 5 aliphatic rings.